The van der Waals surface area contributed by atoms with E-state index in [1.165, 1.54) is 18.2 Å². The fourth-order valence-corrected chi connectivity index (χ4v) is 3.35. The molecule has 132 valence electrons. The Hall–Kier alpha value is -2.45. The third-order valence-electron chi connectivity index (χ3n) is 3.49. The van der Waals surface area contributed by atoms with Crippen LogP contribution in [0.25, 0.3) is 6.08 Å². The summed E-state index contributed by atoms with van der Waals surface area (Å²) in [6.07, 6.45) is 1.59. The number of nitrogens with one attached hydrogen (secondary N) is 1. The number of nitrogens with zero attached hydrogens (tertiary/aromatic N) is 1. The van der Waals surface area contributed by atoms with E-state index in [0.29, 0.717) is 0 Å². The number of halogens is 2. The second kappa shape index (κ2) is 7.84. The molecule has 1 saturated heterocycles. The SMILES string of the molecule is O=C(CN1C(=O)SC(=Cc2ccc(Br)cc2)C1=O)Nc1ccccc1F. The predicted octanol–water partition coefficient (Wildman–Crippen LogP) is 4.26. The smallest absolute Gasteiger partial charge is 0.294 e. The van der Waals surface area contributed by atoms with Crippen molar-refractivity contribution in [3.05, 3.63) is 69.3 Å². The number of amides is 3. The molecule has 0 spiro atoms. The fraction of sp³-hybridized carbons (Fsp3) is 0.0556. The number of hydrogen-bond donors (Lipinski definition) is 1. The van der Waals surface area contributed by atoms with E-state index in [-0.39, 0.29) is 10.6 Å². The highest BCUT2D eigenvalue weighted by molar-refractivity contribution is 9.10. The van der Waals surface area contributed by atoms with Crippen molar-refractivity contribution in [3.8, 4) is 0 Å². The molecule has 1 aliphatic heterocycles. The molecule has 8 heteroatoms. The summed E-state index contributed by atoms with van der Waals surface area (Å²) < 4.78 is 14.5. The van der Waals surface area contributed by atoms with Crippen molar-refractivity contribution >= 4 is 56.5 Å². The number of anilines is 1. The first-order valence-corrected chi connectivity index (χ1v) is 9.10. The van der Waals surface area contributed by atoms with Gasteiger partial charge in [0.2, 0.25) is 5.91 Å². The van der Waals surface area contributed by atoms with E-state index in [2.05, 4.69) is 21.2 Å². The van der Waals surface area contributed by atoms with Crippen molar-refractivity contribution in [3.63, 3.8) is 0 Å². The maximum atomic E-state index is 13.6. The van der Waals surface area contributed by atoms with Crippen LogP contribution in [0.3, 0.4) is 0 Å². The van der Waals surface area contributed by atoms with Crippen LogP contribution >= 0.6 is 27.7 Å². The average molecular weight is 435 g/mol. The van der Waals surface area contributed by atoms with Crippen LogP contribution in [0.1, 0.15) is 5.56 Å². The summed E-state index contributed by atoms with van der Waals surface area (Å²) >= 11 is 4.09. The highest BCUT2D eigenvalue weighted by Crippen LogP contribution is 2.32. The Morgan fingerprint density at radius 1 is 1.15 bits per heavy atom. The number of carbonyl (C=O) groups is 3. The normalized spacial score (nSPS) is 15.6. The molecule has 26 heavy (non-hydrogen) atoms. The molecule has 5 nitrogen and oxygen atoms in total. The molecule has 1 heterocycles. The largest absolute Gasteiger partial charge is 0.322 e. The number of carbonyl (C=O) groups excluding carboxylic acids is 3. The minimum atomic E-state index is -0.651. The summed E-state index contributed by atoms with van der Waals surface area (Å²) in [6.45, 7) is -0.476. The molecule has 1 N–H and O–H groups in total. The second-order valence-electron chi connectivity index (χ2n) is 5.35. The Morgan fingerprint density at radius 2 is 1.85 bits per heavy atom. The van der Waals surface area contributed by atoms with Gasteiger partial charge in [0.15, 0.2) is 0 Å². The molecule has 1 fully saturated rings. The van der Waals surface area contributed by atoms with Gasteiger partial charge in [-0.15, -0.1) is 0 Å². The quantitative estimate of drug-likeness (QED) is 0.729. The zero-order chi connectivity index (χ0) is 18.7. The first-order valence-electron chi connectivity index (χ1n) is 7.49. The van der Waals surface area contributed by atoms with Gasteiger partial charge in [-0.2, -0.15) is 0 Å². The zero-order valence-corrected chi connectivity index (χ0v) is 15.6. The van der Waals surface area contributed by atoms with Gasteiger partial charge in [0.1, 0.15) is 12.4 Å². The molecule has 0 bridgehead atoms. The molecule has 0 aliphatic carbocycles. The molecule has 0 atom stereocenters. The number of rotatable bonds is 4. The van der Waals surface area contributed by atoms with Crippen LogP contribution in [0.5, 0.6) is 0 Å². The van der Waals surface area contributed by atoms with E-state index in [1.54, 1.807) is 24.3 Å². The van der Waals surface area contributed by atoms with Gasteiger partial charge in [-0.1, -0.05) is 40.2 Å². The average Bonchev–Trinajstić information content (AvgIpc) is 2.86. The van der Waals surface area contributed by atoms with Gasteiger partial charge in [0, 0.05) is 4.47 Å². The van der Waals surface area contributed by atoms with Crippen molar-refractivity contribution in [2.45, 2.75) is 0 Å². The first-order chi connectivity index (χ1) is 12.4. The Bertz CT molecular complexity index is 915. The van der Waals surface area contributed by atoms with E-state index in [1.807, 2.05) is 12.1 Å². The molecule has 2 aromatic carbocycles. The van der Waals surface area contributed by atoms with Crippen LogP contribution in [0, 0.1) is 5.82 Å². The lowest BCUT2D eigenvalue weighted by Gasteiger charge is -2.12. The zero-order valence-electron chi connectivity index (χ0n) is 13.2. The topological polar surface area (TPSA) is 66.5 Å². The number of hydrogen-bond acceptors (Lipinski definition) is 4. The highest BCUT2D eigenvalue weighted by Gasteiger charge is 2.36. The molecule has 1 aliphatic rings. The van der Waals surface area contributed by atoms with Gasteiger partial charge >= 0.3 is 0 Å². The summed E-state index contributed by atoms with van der Waals surface area (Å²) in [4.78, 5) is 37.6. The van der Waals surface area contributed by atoms with Gasteiger partial charge in [-0.3, -0.25) is 19.3 Å². The van der Waals surface area contributed by atoms with Gasteiger partial charge < -0.3 is 5.32 Å². The molecule has 0 unspecified atom stereocenters. The summed E-state index contributed by atoms with van der Waals surface area (Å²) in [7, 11) is 0. The minimum Gasteiger partial charge on any atom is -0.322 e. The first kappa shape index (κ1) is 18.3. The summed E-state index contributed by atoms with van der Waals surface area (Å²) in [5.74, 6) is -1.79. The Labute approximate surface area is 161 Å². The summed E-state index contributed by atoms with van der Waals surface area (Å²) in [5, 5.41) is 1.82. The van der Waals surface area contributed by atoms with Crippen molar-refractivity contribution in [2.24, 2.45) is 0 Å². The predicted molar refractivity (Wildman–Crippen MR) is 102 cm³/mol. The minimum absolute atomic E-state index is 0.00474. The van der Waals surface area contributed by atoms with Gasteiger partial charge in [0.05, 0.1) is 10.6 Å². The van der Waals surface area contributed by atoms with Crippen LogP contribution in [0.2, 0.25) is 0 Å². The fourth-order valence-electron chi connectivity index (χ4n) is 2.24. The van der Waals surface area contributed by atoms with Crippen LogP contribution in [-0.2, 0) is 9.59 Å². The number of imide groups is 1. The number of thioether (sulfide) groups is 1. The second-order valence-corrected chi connectivity index (χ2v) is 7.26. The van der Waals surface area contributed by atoms with E-state index in [0.717, 1.165) is 26.7 Å². The number of para-hydroxylation sites is 1. The van der Waals surface area contributed by atoms with Gasteiger partial charge in [-0.25, -0.2) is 4.39 Å². The molecule has 0 saturated carbocycles. The molecular weight excluding hydrogens is 423 g/mol. The highest BCUT2D eigenvalue weighted by atomic mass is 79.9. The monoisotopic (exact) mass is 434 g/mol. The Morgan fingerprint density at radius 3 is 2.54 bits per heavy atom. The molecule has 0 aromatic heterocycles. The van der Waals surface area contributed by atoms with Crippen molar-refractivity contribution in [1.82, 2.24) is 4.90 Å². The maximum Gasteiger partial charge on any atom is 0.294 e. The summed E-state index contributed by atoms with van der Waals surface area (Å²) in [5.41, 5.74) is 0.754. The Kier molecular flexibility index (Phi) is 5.53. The molecule has 3 rings (SSSR count). The van der Waals surface area contributed by atoms with Gasteiger partial charge in [-0.05, 0) is 47.7 Å². The molecular formula is C18H12BrFN2O3S. The van der Waals surface area contributed by atoms with E-state index in [9.17, 15) is 18.8 Å². The molecule has 0 radical (unpaired) electrons. The lowest BCUT2D eigenvalue weighted by Crippen LogP contribution is -2.36. The van der Waals surface area contributed by atoms with Gasteiger partial charge in [0.25, 0.3) is 11.1 Å². The van der Waals surface area contributed by atoms with E-state index in [4.69, 9.17) is 0 Å². The third-order valence-corrected chi connectivity index (χ3v) is 4.93. The van der Waals surface area contributed by atoms with E-state index < -0.39 is 29.4 Å². The van der Waals surface area contributed by atoms with E-state index >= 15 is 0 Å². The third kappa shape index (κ3) is 4.20. The van der Waals surface area contributed by atoms with Crippen LogP contribution in [0.4, 0.5) is 14.9 Å². The Balaban J connectivity index is 1.70. The van der Waals surface area contributed by atoms with Crippen molar-refractivity contribution in [2.75, 3.05) is 11.9 Å². The molecule has 2 aromatic rings. The number of benzene rings is 2. The van der Waals surface area contributed by atoms with Crippen LogP contribution < -0.4 is 5.32 Å². The lowest BCUT2D eigenvalue weighted by molar-refractivity contribution is -0.127. The van der Waals surface area contributed by atoms with Crippen LogP contribution in [-0.4, -0.2) is 28.5 Å². The molecule has 3 amide bonds. The summed E-state index contributed by atoms with van der Waals surface area (Å²) in [6, 6.07) is 12.9. The van der Waals surface area contributed by atoms with Crippen LogP contribution in [0.15, 0.2) is 57.9 Å². The lowest BCUT2D eigenvalue weighted by atomic mass is 10.2. The van der Waals surface area contributed by atoms with Crippen molar-refractivity contribution < 1.29 is 18.8 Å². The maximum absolute atomic E-state index is 13.6. The standard InChI is InChI=1S/C18H12BrFN2O3S/c19-12-7-5-11(6-8-12)9-15-17(24)22(18(25)26-15)10-16(23)21-14-4-2-1-3-13(14)20/h1-9H,10H2,(H,21,23). The van der Waals surface area contributed by atoms with Crippen molar-refractivity contribution in [1.29, 1.82) is 0 Å².